The fourth-order valence-electron chi connectivity index (χ4n) is 4.09. The Balaban J connectivity index is 1.36. The Morgan fingerprint density at radius 2 is 1.62 bits per heavy atom. The van der Waals surface area contributed by atoms with Crippen LogP contribution in [0, 0.1) is 0 Å². The molecule has 1 aliphatic rings. The Morgan fingerprint density at radius 3 is 2.24 bits per heavy atom. The van der Waals surface area contributed by atoms with E-state index in [9.17, 15) is 14.4 Å². The maximum absolute atomic E-state index is 12.6. The van der Waals surface area contributed by atoms with Crippen molar-refractivity contribution in [1.29, 1.82) is 0 Å². The first kappa shape index (κ1) is 23.0. The second-order valence-corrected chi connectivity index (χ2v) is 7.95. The van der Waals surface area contributed by atoms with E-state index in [0.29, 0.717) is 6.54 Å². The summed E-state index contributed by atoms with van der Waals surface area (Å²) in [7, 11) is 0. The molecule has 0 aliphatic heterocycles. The second kappa shape index (κ2) is 10.6. The van der Waals surface area contributed by atoms with E-state index in [2.05, 4.69) is 20.8 Å². The maximum Gasteiger partial charge on any atom is 0.407 e. The normalized spacial score (nSPS) is 12.9. The molecule has 10 heteroatoms. The lowest BCUT2D eigenvalue weighted by atomic mass is 9.98. The van der Waals surface area contributed by atoms with E-state index >= 15 is 0 Å². The average molecular weight is 463 g/mol. The van der Waals surface area contributed by atoms with Gasteiger partial charge in [-0.1, -0.05) is 48.5 Å². The van der Waals surface area contributed by atoms with Crippen LogP contribution in [0.3, 0.4) is 0 Å². The number of ether oxygens (including phenoxy) is 1. The van der Waals surface area contributed by atoms with Crippen LogP contribution in [0.15, 0.2) is 61.2 Å². The summed E-state index contributed by atoms with van der Waals surface area (Å²) in [5.74, 6) is -1.66. The molecule has 1 aromatic heterocycles. The van der Waals surface area contributed by atoms with Gasteiger partial charge in [0, 0.05) is 25.4 Å². The van der Waals surface area contributed by atoms with Crippen LogP contribution in [0.5, 0.6) is 0 Å². The van der Waals surface area contributed by atoms with Gasteiger partial charge in [0.15, 0.2) is 0 Å². The number of carbonyl (C=O) groups is 3. The lowest BCUT2D eigenvalue weighted by Crippen LogP contribution is -2.47. The molecule has 1 unspecified atom stereocenters. The molecule has 176 valence electrons. The van der Waals surface area contributed by atoms with Gasteiger partial charge in [0.05, 0.1) is 0 Å². The summed E-state index contributed by atoms with van der Waals surface area (Å²) in [5.41, 5.74) is 4.37. The van der Waals surface area contributed by atoms with Gasteiger partial charge in [-0.3, -0.25) is 9.59 Å². The predicted molar refractivity (Wildman–Crippen MR) is 122 cm³/mol. The molecule has 3 aromatic rings. The van der Waals surface area contributed by atoms with E-state index in [4.69, 9.17) is 9.84 Å². The quantitative estimate of drug-likeness (QED) is 0.419. The Morgan fingerprint density at radius 1 is 1.00 bits per heavy atom. The minimum absolute atomic E-state index is 0.0575. The highest BCUT2D eigenvalue weighted by atomic mass is 16.5. The first-order valence-electron chi connectivity index (χ1n) is 11.0. The van der Waals surface area contributed by atoms with Gasteiger partial charge in [0.2, 0.25) is 5.91 Å². The molecule has 1 atom stereocenters. The number of aromatic nitrogens is 3. The van der Waals surface area contributed by atoms with Gasteiger partial charge in [-0.25, -0.2) is 4.79 Å². The SMILES string of the molecule is O=C(O)CCC(NC(=O)OCC1c2ccccc2-c2ccccc21)C(=O)NCCn1cnnc1. The number of alkyl carbamates (subject to hydrolysis) is 1. The highest BCUT2D eigenvalue weighted by Gasteiger charge is 2.29. The van der Waals surface area contributed by atoms with E-state index in [0.717, 1.165) is 22.3 Å². The molecule has 0 radical (unpaired) electrons. The zero-order valence-corrected chi connectivity index (χ0v) is 18.4. The fourth-order valence-corrected chi connectivity index (χ4v) is 4.09. The molecule has 3 N–H and O–H groups in total. The van der Waals surface area contributed by atoms with Crippen LogP contribution in [-0.2, 0) is 20.9 Å². The van der Waals surface area contributed by atoms with Crippen molar-refractivity contribution < 1.29 is 24.2 Å². The minimum atomic E-state index is -1.06. The highest BCUT2D eigenvalue weighted by molar-refractivity contribution is 5.86. The third-order valence-corrected chi connectivity index (χ3v) is 5.73. The number of carbonyl (C=O) groups excluding carboxylic acids is 2. The first-order valence-corrected chi connectivity index (χ1v) is 11.0. The van der Waals surface area contributed by atoms with Gasteiger partial charge in [-0.15, -0.1) is 10.2 Å². The topological polar surface area (TPSA) is 135 Å². The lowest BCUT2D eigenvalue weighted by molar-refractivity contribution is -0.137. The van der Waals surface area contributed by atoms with Crippen LogP contribution in [0.4, 0.5) is 4.79 Å². The molecule has 0 fully saturated rings. The zero-order valence-electron chi connectivity index (χ0n) is 18.4. The van der Waals surface area contributed by atoms with Crippen LogP contribution < -0.4 is 10.6 Å². The van der Waals surface area contributed by atoms with Gasteiger partial charge in [0.1, 0.15) is 25.3 Å². The fraction of sp³-hybridized carbons (Fsp3) is 0.292. The number of hydrogen-bond donors (Lipinski definition) is 3. The molecule has 4 rings (SSSR count). The number of rotatable bonds is 10. The number of nitrogens with zero attached hydrogens (tertiary/aromatic N) is 3. The lowest BCUT2D eigenvalue weighted by Gasteiger charge is -2.19. The number of aliphatic carboxylic acids is 1. The highest BCUT2D eigenvalue weighted by Crippen LogP contribution is 2.44. The van der Waals surface area contributed by atoms with E-state index in [1.807, 2.05) is 48.5 Å². The number of nitrogens with one attached hydrogen (secondary N) is 2. The van der Waals surface area contributed by atoms with Crippen LogP contribution in [-0.4, -0.2) is 57.0 Å². The van der Waals surface area contributed by atoms with Crippen molar-refractivity contribution in [1.82, 2.24) is 25.4 Å². The Hall–Kier alpha value is -4.21. The number of amides is 2. The molecule has 0 bridgehead atoms. The number of fused-ring (bicyclic) bond motifs is 3. The van der Waals surface area contributed by atoms with Crippen molar-refractivity contribution in [2.24, 2.45) is 0 Å². The molecule has 2 aromatic carbocycles. The van der Waals surface area contributed by atoms with Gasteiger partial charge in [-0.2, -0.15) is 0 Å². The summed E-state index contributed by atoms with van der Waals surface area (Å²) in [4.78, 5) is 36.2. The number of carboxylic acids is 1. The van der Waals surface area contributed by atoms with Crippen molar-refractivity contribution in [2.75, 3.05) is 13.2 Å². The van der Waals surface area contributed by atoms with E-state index in [1.54, 1.807) is 4.57 Å². The first-order chi connectivity index (χ1) is 16.5. The summed E-state index contributed by atoms with van der Waals surface area (Å²) >= 11 is 0. The zero-order chi connectivity index (χ0) is 23.9. The van der Waals surface area contributed by atoms with E-state index in [1.165, 1.54) is 12.7 Å². The maximum atomic E-state index is 12.6. The third-order valence-electron chi connectivity index (χ3n) is 5.73. The summed E-state index contributed by atoms with van der Waals surface area (Å²) in [5, 5.41) is 21.6. The predicted octanol–water partition coefficient (Wildman–Crippen LogP) is 2.17. The summed E-state index contributed by atoms with van der Waals surface area (Å²) < 4.78 is 7.18. The molecule has 2 amide bonds. The standard InChI is InChI=1S/C24H25N5O5/c30-22(31)10-9-21(23(32)25-11-12-29-14-26-27-15-29)28-24(33)34-13-20-18-7-3-1-5-16(18)17-6-2-4-8-19(17)20/h1-8,14-15,20-21H,9-13H2,(H,25,32)(H,28,33)(H,30,31). The Bertz CT molecular complexity index is 1120. The Kier molecular flexibility index (Phi) is 7.16. The van der Waals surface area contributed by atoms with Crippen molar-refractivity contribution in [2.45, 2.75) is 31.3 Å². The van der Waals surface area contributed by atoms with Crippen molar-refractivity contribution in [3.05, 3.63) is 72.3 Å². The number of carboxylic acid groups (broad SMARTS) is 1. The Labute approximate surface area is 196 Å². The molecular weight excluding hydrogens is 438 g/mol. The van der Waals surface area contributed by atoms with Crippen molar-refractivity contribution in [3.63, 3.8) is 0 Å². The number of benzene rings is 2. The van der Waals surface area contributed by atoms with Gasteiger partial charge >= 0.3 is 12.1 Å². The molecule has 0 spiro atoms. The van der Waals surface area contributed by atoms with Gasteiger partial charge < -0.3 is 25.0 Å². The second-order valence-electron chi connectivity index (χ2n) is 7.95. The molecule has 34 heavy (non-hydrogen) atoms. The van der Waals surface area contributed by atoms with E-state index in [-0.39, 0.29) is 31.9 Å². The third kappa shape index (κ3) is 5.40. The smallest absolute Gasteiger partial charge is 0.407 e. The molecule has 0 saturated heterocycles. The van der Waals surface area contributed by atoms with Gasteiger partial charge in [0.25, 0.3) is 0 Å². The molecule has 1 aliphatic carbocycles. The summed E-state index contributed by atoms with van der Waals surface area (Å²) in [6, 6.07) is 14.9. The molecule has 10 nitrogen and oxygen atoms in total. The van der Waals surface area contributed by atoms with Crippen molar-refractivity contribution >= 4 is 18.0 Å². The minimum Gasteiger partial charge on any atom is -0.481 e. The molecule has 0 saturated carbocycles. The molecular formula is C24H25N5O5. The average Bonchev–Trinajstić information content (AvgIpc) is 3.46. The van der Waals surface area contributed by atoms with Gasteiger partial charge in [-0.05, 0) is 28.7 Å². The molecule has 1 heterocycles. The summed E-state index contributed by atoms with van der Waals surface area (Å²) in [6.07, 6.45) is 1.93. The number of hydrogen-bond acceptors (Lipinski definition) is 6. The largest absolute Gasteiger partial charge is 0.481 e. The summed E-state index contributed by atoms with van der Waals surface area (Å²) in [6.45, 7) is 0.808. The van der Waals surface area contributed by atoms with Crippen LogP contribution in [0.1, 0.15) is 29.9 Å². The van der Waals surface area contributed by atoms with Crippen LogP contribution in [0.2, 0.25) is 0 Å². The van der Waals surface area contributed by atoms with E-state index < -0.39 is 24.0 Å². The van der Waals surface area contributed by atoms with Crippen molar-refractivity contribution in [3.8, 4) is 11.1 Å². The van der Waals surface area contributed by atoms with Crippen LogP contribution >= 0.6 is 0 Å². The van der Waals surface area contributed by atoms with Crippen LogP contribution in [0.25, 0.3) is 11.1 Å². The monoisotopic (exact) mass is 463 g/mol.